The Balaban J connectivity index is 1.60. The van der Waals surface area contributed by atoms with Crippen LogP contribution in [0.15, 0.2) is 10.7 Å². The predicted molar refractivity (Wildman–Crippen MR) is 79.4 cm³/mol. The summed E-state index contributed by atoms with van der Waals surface area (Å²) in [6.07, 6.45) is 4.44. The molecule has 1 fully saturated rings. The van der Waals surface area contributed by atoms with Crippen LogP contribution in [-0.2, 0) is 6.54 Å². The molecule has 0 saturated heterocycles. The zero-order valence-electron chi connectivity index (χ0n) is 12.8. The van der Waals surface area contributed by atoms with Crippen molar-refractivity contribution in [1.29, 1.82) is 0 Å². The molecule has 0 bridgehead atoms. The minimum absolute atomic E-state index is 0.0503. The third-order valence-electron chi connectivity index (χ3n) is 4.60. The third-order valence-corrected chi connectivity index (χ3v) is 4.60. The van der Waals surface area contributed by atoms with E-state index in [4.69, 9.17) is 4.52 Å². The van der Waals surface area contributed by atoms with Crippen molar-refractivity contribution in [3.8, 4) is 11.4 Å². The maximum absolute atomic E-state index is 13.8. The maximum Gasteiger partial charge on any atom is 0.248 e. The molecule has 0 aromatic carbocycles. The molecular weight excluding hydrogens is 304 g/mol. The van der Waals surface area contributed by atoms with Gasteiger partial charge in [0, 0.05) is 31.8 Å². The number of hydrogen-bond acceptors (Lipinski definition) is 5. The van der Waals surface area contributed by atoms with Crippen LogP contribution in [0.2, 0.25) is 0 Å². The Morgan fingerprint density at radius 2 is 2.22 bits per heavy atom. The summed E-state index contributed by atoms with van der Waals surface area (Å²) >= 11 is 0. The zero-order chi connectivity index (χ0) is 15.9. The highest BCUT2D eigenvalue weighted by atomic mass is 19.3. The molecule has 0 spiro atoms. The van der Waals surface area contributed by atoms with Crippen molar-refractivity contribution < 1.29 is 13.3 Å². The molecule has 23 heavy (non-hydrogen) atoms. The van der Waals surface area contributed by atoms with E-state index < -0.39 is 5.92 Å². The van der Waals surface area contributed by atoms with E-state index in [-0.39, 0.29) is 18.8 Å². The summed E-state index contributed by atoms with van der Waals surface area (Å²) < 4.78 is 34.8. The number of aromatic nitrogens is 4. The fourth-order valence-corrected chi connectivity index (χ4v) is 3.40. The van der Waals surface area contributed by atoms with Gasteiger partial charge in [-0.1, -0.05) is 11.6 Å². The number of halogens is 2. The van der Waals surface area contributed by atoms with Crippen LogP contribution in [0.1, 0.15) is 50.3 Å². The maximum atomic E-state index is 13.8. The summed E-state index contributed by atoms with van der Waals surface area (Å²) in [5, 5.41) is 11.6. The quantitative estimate of drug-likeness (QED) is 0.858. The van der Waals surface area contributed by atoms with Crippen molar-refractivity contribution in [2.45, 2.75) is 56.9 Å². The van der Waals surface area contributed by atoms with Gasteiger partial charge in [-0.3, -0.25) is 0 Å². The average molecular weight is 323 g/mol. The van der Waals surface area contributed by atoms with Crippen molar-refractivity contribution >= 4 is 5.82 Å². The van der Waals surface area contributed by atoms with Gasteiger partial charge in [0.25, 0.3) is 0 Å². The van der Waals surface area contributed by atoms with Gasteiger partial charge in [-0.05, 0) is 19.3 Å². The van der Waals surface area contributed by atoms with Gasteiger partial charge in [0.05, 0.1) is 11.8 Å². The molecule has 4 rings (SSSR count). The van der Waals surface area contributed by atoms with Gasteiger partial charge in [0.1, 0.15) is 5.82 Å². The summed E-state index contributed by atoms with van der Waals surface area (Å²) in [5.41, 5.74) is 0.764. The second kappa shape index (κ2) is 5.58. The van der Waals surface area contributed by atoms with Crippen molar-refractivity contribution in [3.05, 3.63) is 12.1 Å². The number of fused-ring (bicyclic) bond motifs is 1. The van der Waals surface area contributed by atoms with E-state index in [1.807, 2.05) is 4.68 Å². The molecule has 2 aliphatic rings. The van der Waals surface area contributed by atoms with Gasteiger partial charge in [-0.2, -0.15) is 10.1 Å². The molecular formula is C15H19F2N5O. The van der Waals surface area contributed by atoms with E-state index in [2.05, 4.69) is 20.6 Å². The average Bonchev–Trinajstić information content (AvgIpc) is 3.12. The lowest BCUT2D eigenvalue weighted by Gasteiger charge is -2.16. The van der Waals surface area contributed by atoms with E-state index in [0.717, 1.165) is 37.3 Å². The normalized spacial score (nSPS) is 23.8. The fourth-order valence-electron chi connectivity index (χ4n) is 3.40. The highest BCUT2D eigenvalue weighted by Crippen LogP contribution is 2.40. The van der Waals surface area contributed by atoms with Crippen molar-refractivity contribution in [2.24, 2.45) is 0 Å². The second-order valence-corrected chi connectivity index (χ2v) is 6.37. The van der Waals surface area contributed by atoms with Crippen LogP contribution >= 0.6 is 0 Å². The molecule has 124 valence electrons. The van der Waals surface area contributed by atoms with Gasteiger partial charge in [0.15, 0.2) is 0 Å². The highest BCUT2D eigenvalue weighted by molar-refractivity contribution is 5.69. The van der Waals surface area contributed by atoms with Gasteiger partial charge >= 0.3 is 0 Å². The number of anilines is 1. The van der Waals surface area contributed by atoms with Crippen molar-refractivity contribution in [3.63, 3.8) is 0 Å². The number of hydrogen-bond donors (Lipinski definition) is 1. The van der Waals surface area contributed by atoms with E-state index in [0.29, 0.717) is 24.6 Å². The topological polar surface area (TPSA) is 68.8 Å². The van der Waals surface area contributed by atoms with Crippen LogP contribution in [0.4, 0.5) is 14.6 Å². The fraction of sp³-hybridized carbons (Fsp3) is 0.667. The summed E-state index contributed by atoms with van der Waals surface area (Å²) in [7, 11) is 0. The zero-order valence-corrected chi connectivity index (χ0v) is 12.8. The Bertz CT molecular complexity index is 696. The van der Waals surface area contributed by atoms with E-state index >= 15 is 0 Å². The Hall–Kier alpha value is -1.99. The smallest absolute Gasteiger partial charge is 0.248 e. The molecule has 1 atom stereocenters. The minimum Gasteiger partial charge on any atom is -0.370 e. The van der Waals surface area contributed by atoms with Crippen LogP contribution in [-0.4, -0.2) is 32.4 Å². The Morgan fingerprint density at radius 3 is 3.13 bits per heavy atom. The molecule has 0 amide bonds. The molecule has 1 N–H and O–H groups in total. The second-order valence-electron chi connectivity index (χ2n) is 6.37. The predicted octanol–water partition coefficient (Wildman–Crippen LogP) is 3.43. The number of alkyl halides is 2. The molecule has 2 aromatic heterocycles. The third kappa shape index (κ3) is 2.82. The summed E-state index contributed by atoms with van der Waals surface area (Å²) in [6.45, 7) is 1.72. The number of nitrogens with one attached hydrogen (secondary N) is 1. The monoisotopic (exact) mass is 323 g/mol. The van der Waals surface area contributed by atoms with Crippen LogP contribution in [0, 0.1) is 0 Å². The number of rotatable bonds is 2. The van der Waals surface area contributed by atoms with E-state index in [1.165, 1.54) is 0 Å². The minimum atomic E-state index is -2.64. The summed E-state index contributed by atoms with van der Waals surface area (Å²) in [4.78, 5) is 4.39. The molecule has 8 heteroatoms. The van der Waals surface area contributed by atoms with Crippen molar-refractivity contribution in [1.82, 2.24) is 19.9 Å². The largest absolute Gasteiger partial charge is 0.370 e. The number of aryl methyl sites for hydroxylation is 1. The first-order valence-electron chi connectivity index (χ1n) is 8.14. The van der Waals surface area contributed by atoms with Crippen LogP contribution < -0.4 is 5.32 Å². The van der Waals surface area contributed by atoms with Crippen LogP contribution in [0.3, 0.4) is 0 Å². The summed E-state index contributed by atoms with van der Waals surface area (Å²) in [5.74, 6) is -1.41. The van der Waals surface area contributed by atoms with Gasteiger partial charge in [-0.25, -0.2) is 13.5 Å². The SMILES string of the molecule is FC1(F)CCCCC(c2nc(-c3cnn4c3NCCC4)no2)C1. The molecule has 1 unspecified atom stereocenters. The first-order chi connectivity index (χ1) is 11.1. The van der Waals surface area contributed by atoms with Crippen LogP contribution in [0.25, 0.3) is 11.4 Å². The Morgan fingerprint density at radius 1 is 1.30 bits per heavy atom. The molecule has 3 heterocycles. The first kappa shape index (κ1) is 14.6. The molecule has 1 aliphatic carbocycles. The summed E-state index contributed by atoms with van der Waals surface area (Å²) in [6, 6.07) is 0. The van der Waals surface area contributed by atoms with E-state index in [1.54, 1.807) is 6.20 Å². The first-order valence-corrected chi connectivity index (χ1v) is 8.14. The molecule has 0 radical (unpaired) electrons. The Labute approximate surface area is 132 Å². The lowest BCUT2D eigenvalue weighted by molar-refractivity contribution is -0.0200. The van der Waals surface area contributed by atoms with E-state index in [9.17, 15) is 8.78 Å². The van der Waals surface area contributed by atoms with Gasteiger partial charge in [0.2, 0.25) is 17.6 Å². The molecule has 1 saturated carbocycles. The Kier molecular flexibility index (Phi) is 3.54. The lowest BCUT2D eigenvalue weighted by Crippen LogP contribution is -2.18. The van der Waals surface area contributed by atoms with Gasteiger partial charge < -0.3 is 9.84 Å². The van der Waals surface area contributed by atoms with Crippen molar-refractivity contribution in [2.75, 3.05) is 11.9 Å². The molecule has 6 nitrogen and oxygen atoms in total. The standard InChI is InChI=1S/C15H19F2N5O/c16-15(17)5-2-1-4-10(8-15)14-20-12(21-23-14)11-9-19-22-7-3-6-18-13(11)22/h9-10,18H,1-8H2. The lowest BCUT2D eigenvalue weighted by atomic mass is 9.99. The molecule has 2 aromatic rings. The molecule has 1 aliphatic heterocycles. The number of nitrogens with zero attached hydrogens (tertiary/aromatic N) is 4. The van der Waals surface area contributed by atoms with Gasteiger partial charge in [-0.15, -0.1) is 0 Å². The highest BCUT2D eigenvalue weighted by Gasteiger charge is 2.37. The van der Waals surface area contributed by atoms with Crippen LogP contribution in [0.5, 0.6) is 0 Å².